The quantitative estimate of drug-likeness (QED) is 0.327. The van der Waals surface area contributed by atoms with Crippen LogP contribution in [0.5, 0.6) is 5.75 Å². The number of benzene rings is 2. The number of nitrogens with zero attached hydrogens (tertiary/aromatic N) is 2. The van der Waals surface area contributed by atoms with Crippen molar-refractivity contribution in [3.05, 3.63) is 76.5 Å². The van der Waals surface area contributed by atoms with Crippen molar-refractivity contribution in [2.75, 3.05) is 23.9 Å². The number of hydrogen-bond acceptors (Lipinski definition) is 7. The molecule has 8 nitrogen and oxygen atoms in total. The van der Waals surface area contributed by atoms with Crippen LogP contribution in [0.4, 0.5) is 11.4 Å². The molecule has 2 heterocycles. The van der Waals surface area contributed by atoms with E-state index in [2.05, 4.69) is 5.32 Å². The molecule has 10 heteroatoms. The second kappa shape index (κ2) is 11.3. The maximum absolute atomic E-state index is 13.5. The van der Waals surface area contributed by atoms with Gasteiger partial charge in [0.1, 0.15) is 11.8 Å². The summed E-state index contributed by atoms with van der Waals surface area (Å²) in [5.41, 5.74) is 1.51. The molecule has 1 N–H and O–H groups in total. The highest BCUT2D eigenvalue weighted by Crippen LogP contribution is 2.30. The SMILES string of the molecule is CCOC(=O)c1ccc(NC(=O)C[C@H]2C(=O)N(c3ccc(OC)cc3)C(=S)N2Cc2cccs2)cc1. The third-order valence-corrected chi connectivity index (χ3v) is 6.89. The molecule has 0 bridgehead atoms. The number of thiophene rings is 1. The van der Waals surface area contributed by atoms with Gasteiger partial charge in [-0.15, -0.1) is 11.3 Å². The molecule has 1 aliphatic rings. The van der Waals surface area contributed by atoms with Crippen molar-refractivity contribution in [2.24, 2.45) is 0 Å². The topological polar surface area (TPSA) is 88.2 Å². The zero-order chi connectivity index (χ0) is 25.7. The molecule has 1 aromatic heterocycles. The number of hydrogen-bond donors (Lipinski definition) is 1. The Morgan fingerprint density at radius 1 is 1.08 bits per heavy atom. The number of rotatable bonds is 9. The Labute approximate surface area is 218 Å². The van der Waals surface area contributed by atoms with Crippen LogP contribution in [-0.2, 0) is 20.9 Å². The first-order valence-corrected chi connectivity index (χ1v) is 12.6. The summed E-state index contributed by atoms with van der Waals surface area (Å²) in [7, 11) is 1.57. The Kier molecular flexibility index (Phi) is 7.97. The van der Waals surface area contributed by atoms with E-state index in [1.54, 1.807) is 78.8 Å². The van der Waals surface area contributed by atoms with Crippen LogP contribution in [-0.4, -0.2) is 47.6 Å². The van der Waals surface area contributed by atoms with E-state index in [1.165, 1.54) is 4.90 Å². The second-order valence-electron chi connectivity index (χ2n) is 7.93. The molecule has 4 rings (SSSR count). The molecule has 0 radical (unpaired) electrons. The van der Waals surface area contributed by atoms with Crippen LogP contribution < -0.4 is 15.0 Å². The second-order valence-corrected chi connectivity index (χ2v) is 9.32. The average Bonchev–Trinajstić information content (AvgIpc) is 3.47. The van der Waals surface area contributed by atoms with Crippen molar-refractivity contribution in [1.82, 2.24) is 4.90 Å². The van der Waals surface area contributed by atoms with E-state index in [9.17, 15) is 14.4 Å². The van der Waals surface area contributed by atoms with Crippen LogP contribution in [0.15, 0.2) is 66.0 Å². The van der Waals surface area contributed by atoms with Gasteiger partial charge in [0, 0.05) is 10.6 Å². The molecule has 0 saturated carbocycles. The molecule has 2 aromatic carbocycles. The lowest BCUT2D eigenvalue weighted by Gasteiger charge is -2.23. The Hall–Kier alpha value is -3.76. The highest BCUT2D eigenvalue weighted by Gasteiger charge is 2.44. The molecule has 1 fully saturated rings. The predicted octanol–water partition coefficient (Wildman–Crippen LogP) is 4.46. The van der Waals surface area contributed by atoms with Crippen molar-refractivity contribution < 1.29 is 23.9 Å². The van der Waals surface area contributed by atoms with Crippen LogP contribution in [0.3, 0.4) is 0 Å². The highest BCUT2D eigenvalue weighted by atomic mass is 32.1. The Bertz CT molecular complexity index is 1240. The van der Waals surface area contributed by atoms with Gasteiger partial charge in [0.15, 0.2) is 5.11 Å². The summed E-state index contributed by atoms with van der Waals surface area (Å²) in [5.74, 6) is -0.373. The highest BCUT2D eigenvalue weighted by molar-refractivity contribution is 7.80. The van der Waals surface area contributed by atoms with Gasteiger partial charge in [-0.3, -0.25) is 14.5 Å². The number of carbonyl (C=O) groups is 3. The van der Waals surface area contributed by atoms with Crippen molar-refractivity contribution in [1.29, 1.82) is 0 Å². The fourth-order valence-electron chi connectivity index (χ4n) is 3.84. The lowest BCUT2D eigenvalue weighted by Crippen LogP contribution is -2.37. The molecule has 1 saturated heterocycles. The summed E-state index contributed by atoms with van der Waals surface area (Å²) in [6.45, 7) is 2.44. The van der Waals surface area contributed by atoms with Gasteiger partial charge >= 0.3 is 5.97 Å². The minimum absolute atomic E-state index is 0.0867. The van der Waals surface area contributed by atoms with Crippen molar-refractivity contribution in [3.63, 3.8) is 0 Å². The fraction of sp³-hybridized carbons (Fsp3) is 0.231. The summed E-state index contributed by atoms with van der Waals surface area (Å²) in [4.78, 5) is 42.6. The largest absolute Gasteiger partial charge is 0.497 e. The van der Waals surface area contributed by atoms with Gasteiger partial charge in [0.25, 0.3) is 5.91 Å². The third kappa shape index (κ3) is 5.55. The van der Waals surface area contributed by atoms with Crippen LogP contribution in [0.1, 0.15) is 28.6 Å². The zero-order valence-corrected chi connectivity index (χ0v) is 21.4. The van der Waals surface area contributed by atoms with E-state index >= 15 is 0 Å². The van der Waals surface area contributed by atoms with Gasteiger partial charge in [-0.2, -0.15) is 0 Å². The molecule has 1 atom stereocenters. The summed E-state index contributed by atoms with van der Waals surface area (Å²) >= 11 is 7.26. The lowest BCUT2D eigenvalue weighted by molar-refractivity contribution is -0.124. The number of amides is 2. The molecular formula is C26H25N3O5S2. The number of nitrogens with one attached hydrogen (secondary N) is 1. The first-order chi connectivity index (χ1) is 17.4. The fourth-order valence-corrected chi connectivity index (χ4v) is 4.93. The Morgan fingerprint density at radius 2 is 1.81 bits per heavy atom. The molecule has 0 aliphatic carbocycles. The number of carbonyl (C=O) groups excluding carboxylic acids is 3. The minimum Gasteiger partial charge on any atom is -0.497 e. The van der Waals surface area contributed by atoms with Crippen molar-refractivity contribution in [2.45, 2.75) is 25.9 Å². The Morgan fingerprint density at radius 3 is 2.42 bits per heavy atom. The summed E-state index contributed by atoms with van der Waals surface area (Å²) in [6, 6.07) is 16.6. The van der Waals surface area contributed by atoms with Gasteiger partial charge < -0.3 is 19.7 Å². The predicted molar refractivity (Wildman–Crippen MR) is 142 cm³/mol. The molecule has 1 aliphatic heterocycles. The maximum Gasteiger partial charge on any atom is 0.338 e. The van der Waals surface area contributed by atoms with Crippen LogP contribution in [0.2, 0.25) is 0 Å². The van der Waals surface area contributed by atoms with Gasteiger partial charge in [0.2, 0.25) is 5.91 Å². The average molecular weight is 524 g/mol. The van der Waals surface area contributed by atoms with E-state index in [0.29, 0.717) is 34.3 Å². The molecule has 0 unspecified atom stereocenters. The molecular weight excluding hydrogens is 498 g/mol. The van der Waals surface area contributed by atoms with Crippen LogP contribution >= 0.6 is 23.6 Å². The number of anilines is 2. The van der Waals surface area contributed by atoms with E-state index in [1.807, 2.05) is 17.5 Å². The van der Waals surface area contributed by atoms with Crippen LogP contribution in [0, 0.1) is 0 Å². The molecule has 186 valence electrons. The number of esters is 1. The molecule has 2 amide bonds. The molecule has 3 aromatic rings. The third-order valence-electron chi connectivity index (χ3n) is 5.61. The summed E-state index contributed by atoms with van der Waals surface area (Å²) in [6.07, 6.45) is -0.0867. The normalized spacial score (nSPS) is 15.2. The smallest absolute Gasteiger partial charge is 0.338 e. The minimum atomic E-state index is -0.763. The first kappa shape index (κ1) is 25.3. The molecule has 0 spiro atoms. The first-order valence-electron chi connectivity index (χ1n) is 11.3. The zero-order valence-electron chi connectivity index (χ0n) is 19.8. The lowest BCUT2D eigenvalue weighted by atomic mass is 10.1. The maximum atomic E-state index is 13.5. The van der Waals surface area contributed by atoms with Gasteiger partial charge in [-0.25, -0.2) is 4.79 Å². The van der Waals surface area contributed by atoms with Gasteiger partial charge in [0.05, 0.1) is 37.9 Å². The van der Waals surface area contributed by atoms with E-state index in [4.69, 9.17) is 21.7 Å². The van der Waals surface area contributed by atoms with E-state index in [-0.39, 0.29) is 24.8 Å². The monoisotopic (exact) mass is 523 g/mol. The van der Waals surface area contributed by atoms with Gasteiger partial charge in [-0.1, -0.05) is 6.07 Å². The van der Waals surface area contributed by atoms with E-state index < -0.39 is 12.0 Å². The van der Waals surface area contributed by atoms with Gasteiger partial charge in [-0.05, 0) is 79.1 Å². The summed E-state index contributed by atoms with van der Waals surface area (Å²) in [5, 5.41) is 5.11. The van der Waals surface area contributed by atoms with Crippen molar-refractivity contribution in [3.8, 4) is 5.75 Å². The number of ether oxygens (including phenoxy) is 2. The van der Waals surface area contributed by atoms with Crippen molar-refractivity contribution >= 4 is 57.8 Å². The number of thiocarbonyl (C=S) groups is 1. The number of methoxy groups -OCH3 is 1. The Balaban J connectivity index is 1.52. The standard InChI is InChI=1S/C26H25N3O5S2/c1-3-34-25(32)17-6-8-18(9-7-17)27-23(30)15-22-24(31)29(19-10-12-20(33-2)13-11-19)26(35)28(22)16-21-5-4-14-36-21/h4-14,22H,3,15-16H2,1-2H3,(H,27,30)/t22-/m0/s1. The van der Waals surface area contributed by atoms with Crippen LogP contribution in [0.25, 0.3) is 0 Å². The van der Waals surface area contributed by atoms with E-state index in [0.717, 1.165) is 4.88 Å². The summed E-state index contributed by atoms with van der Waals surface area (Å²) < 4.78 is 10.2. The molecule has 36 heavy (non-hydrogen) atoms.